The Morgan fingerprint density at radius 1 is 1.15 bits per heavy atom. The monoisotopic (exact) mass is 275 g/mol. The van der Waals surface area contributed by atoms with Crippen LogP contribution in [0.25, 0.3) is 0 Å². The molecule has 1 aromatic rings. The van der Waals surface area contributed by atoms with E-state index in [1.54, 1.807) is 7.11 Å². The van der Waals surface area contributed by atoms with Crippen molar-refractivity contribution < 1.29 is 9.47 Å². The zero-order valence-corrected chi connectivity index (χ0v) is 12.5. The Kier molecular flexibility index (Phi) is 4.27. The van der Waals surface area contributed by atoms with Gasteiger partial charge in [-0.2, -0.15) is 0 Å². The molecule has 1 aliphatic heterocycles. The van der Waals surface area contributed by atoms with Crippen molar-refractivity contribution in [2.45, 2.75) is 50.8 Å². The summed E-state index contributed by atoms with van der Waals surface area (Å²) in [6.45, 7) is 3.13. The molecule has 3 rings (SSSR count). The molecule has 0 bridgehead atoms. The number of methoxy groups -OCH3 is 1. The Morgan fingerprint density at radius 2 is 1.90 bits per heavy atom. The van der Waals surface area contributed by atoms with E-state index in [1.165, 1.54) is 31.2 Å². The number of hydrogen-bond acceptors (Lipinski definition) is 3. The van der Waals surface area contributed by atoms with Crippen LogP contribution in [0, 0.1) is 5.92 Å². The van der Waals surface area contributed by atoms with E-state index in [9.17, 15) is 0 Å². The lowest BCUT2D eigenvalue weighted by atomic mass is 9.85. The molecule has 20 heavy (non-hydrogen) atoms. The molecule has 0 radical (unpaired) electrons. The number of fused-ring (bicyclic) bond motifs is 1. The van der Waals surface area contributed by atoms with Gasteiger partial charge in [-0.25, -0.2) is 0 Å². The fraction of sp³-hybridized carbons (Fsp3) is 0.647. The minimum Gasteiger partial charge on any atom is -0.497 e. The highest BCUT2D eigenvalue weighted by Crippen LogP contribution is 2.33. The first-order valence-electron chi connectivity index (χ1n) is 7.79. The van der Waals surface area contributed by atoms with Crippen molar-refractivity contribution in [1.29, 1.82) is 0 Å². The summed E-state index contributed by atoms with van der Waals surface area (Å²) in [4.78, 5) is 0. The molecule has 1 aliphatic carbocycles. The van der Waals surface area contributed by atoms with Gasteiger partial charge in [-0.3, -0.25) is 0 Å². The van der Waals surface area contributed by atoms with Gasteiger partial charge in [0.15, 0.2) is 0 Å². The predicted octanol–water partition coefficient (Wildman–Crippen LogP) is 3.30. The first-order valence-corrected chi connectivity index (χ1v) is 7.79. The van der Waals surface area contributed by atoms with E-state index < -0.39 is 0 Å². The molecule has 1 saturated carbocycles. The Morgan fingerprint density at radius 3 is 2.65 bits per heavy atom. The third-order valence-corrected chi connectivity index (χ3v) is 4.77. The Balaban J connectivity index is 1.75. The molecule has 2 aliphatic rings. The number of benzene rings is 1. The summed E-state index contributed by atoms with van der Waals surface area (Å²) in [5.41, 5.74) is 1.24. The second kappa shape index (κ2) is 6.15. The lowest BCUT2D eigenvalue weighted by Gasteiger charge is -2.30. The third-order valence-electron chi connectivity index (χ3n) is 4.77. The van der Waals surface area contributed by atoms with Gasteiger partial charge < -0.3 is 14.8 Å². The topological polar surface area (TPSA) is 30.5 Å². The van der Waals surface area contributed by atoms with Gasteiger partial charge in [0.05, 0.1) is 19.8 Å². The summed E-state index contributed by atoms with van der Waals surface area (Å²) in [6.07, 6.45) is 5.46. The van der Waals surface area contributed by atoms with Crippen LogP contribution in [-0.2, 0) is 4.74 Å². The molecule has 1 aromatic carbocycles. The fourth-order valence-electron chi connectivity index (χ4n) is 3.60. The number of ether oxygens (including phenoxy) is 2. The van der Waals surface area contributed by atoms with Crippen molar-refractivity contribution in [3.05, 3.63) is 29.8 Å². The van der Waals surface area contributed by atoms with E-state index in [-0.39, 0.29) is 6.10 Å². The van der Waals surface area contributed by atoms with E-state index in [4.69, 9.17) is 9.47 Å². The second-order valence-corrected chi connectivity index (χ2v) is 6.13. The maximum atomic E-state index is 6.24. The fourth-order valence-corrected chi connectivity index (χ4v) is 3.60. The average molecular weight is 275 g/mol. The normalized spacial score (nSPS) is 34.1. The minimum atomic E-state index is 0.145. The van der Waals surface area contributed by atoms with E-state index in [0.717, 1.165) is 12.4 Å². The number of rotatable bonds is 2. The molecular weight excluding hydrogens is 250 g/mol. The molecule has 1 N–H and O–H groups in total. The highest BCUT2D eigenvalue weighted by molar-refractivity contribution is 5.29. The standard InChI is InChI=1S/C17H25NO2/c1-12-17(13-7-9-15(19-2)10-8-13)20-11-14-5-3-4-6-16(14)18-12/h7-10,12,14,16-18H,3-6,11H2,1-2H3. The minimum absolute atomic E-state index is 0.145. The van der Waals surface area contributed by atoms with Gasteiger partial charge >= 0.3 is 0 Å². The molecule has 3 heteroatoms. The summed E-state index contributed by atoms with van der Waals surface area (Å²) in [5, 5.41) is 3.80. The molecule has 4 unspecified atom stereocenters. The van der Waals surface area contributed by atoms with E-state index >= 15 is 0 Å². The van der Waals surface area contributed by atoms with Crippen LogP contribution in [-0.4, -0.2) is 25.8 Å². The lowest BCUT2D eigenvalue weighted by Crippen LogP contribution is -2.43. The molecule has 1 heterocycles. The van der Waals surface area contributed by atoms with Gasteiger partial charge in [-0.1, -0.05) is 25.0 Å². The summed E-state index contributed by atoms with van der Waals surface area (Å²) in [5.74, 6) is 1.59. The molecule has 4 atom stereocenters. The third kappa shape index (κ3) is 2.84. The van der Waals surface area contributed by atoms with E-state index in [1.807, 2.05) is 12.1 Å². The van der Waals surface area contributed by atoms with Gasteiger partial charge in [0, 0.05) is 12.1 Å². The highest BCUT2D eigenvalue weighted by Gasteiger charge is 2.33. The van der Waals surface area contributed by atoms with Gasteiger partial charge in [0.25, 0.3) is 0 Å². The summed E-state index contributed by atoms with van der Waals surface area (Å²) in [7, 11) is 1.70. The molecule has 0 aromatic heterocycles. The molecule has 110 valence electrons. The predicted molar refractivity (Wildman–Crippen MR) is 80.0 cm³/mol. The Bertz CT molecular complexity index is 431. The van der Waals surface area contributed by atoms with Gasteiger partial charge in [0.2, 0.25) is 0 Å². The first kappa shape index (κ1) is 13.9. The van der Waals surface area contributed by atoms with Crippen LogP contribution in [0.3, 0.4) is 0 Å². The summed E-state index contributed by atoms with van der Waals surface area (Å²) < 4.78 is 11.5. The average Bonchev–Trinajstić information content (AvgIpc) is 2.66. The second-order valence-electron chi connectivity index (χ2n) is 6.13. The quantitative estimate of drug-likeness (QED) is 0.898. The summed E-state index contributed by atoms with van der Waals surface area (Å²) >= 11 is 0. The summed E-state index contributed by atoms with van der Waals surface area (Å²) in [6, 6.07) is 9.28. The van der Waals surface area contributed by atoms with Crippen LogP contribution < -0.4 is 10.1 Å². The smallest absolute Gasteiger partial charge is 0.118 e. The van der Waals surface area contributed by atoms with Crippen LogP contribution in [0.5, 0.6) is 5.75 Å². The number of hydrogen-bond donors (Lipinski definition) is 1. The zero-order valence-electron chi connectivity index (χ0n) is 12.5. The van der Waals surface area contributed by atoms with Gasteiger partial charge in [0.1, 0.15) is 5.75 Å². The molecule has 2 fully saturated rings. The highest BCUT2D eigenvalue weighted by atomic mass is 16.5. The van der Waals surface area contributed by atoms with Gasteiger partial charge in [-0.05, 0) is 43.4 Å². The van der Waals surface area contributed by atoms with Crippen LogP contribution in [0.15, 0.2) is 24.3 Å². The van der Waals surface area contributed by atoms with E-state index in [0.29, 0.717) is 18.0 Å². The molecule has 0 spiro atoms. The van der Waals surface area contributed by atoms with Crippen molar-refractivity contribution in [1.82, 2.24) is 5.32 Å². The first-order chi connectivity index (χ1) is 9.78. The lowest BCUT2D eigenvalue weighted by molar-refractivity contribution is 0.0263. The van der Waals surface area contributed by atoms with Crippen LogP contribution in [0.2, 0.25) is 0 Å². The van der Waals surface area contributed by atoms with Crippen LogP contribution in [0.1, 0.15) is 44.3 Å². The van der Waals surface area contributed by atoms with Crippen molar-refractivity contribution in [2.24, 2.45) is 5.92 Å². The van der Waals surface area contributed by atoms with Crippen LogP contribution in [0.4, 0.5) is 0 Å². The van der Waals surface area contributed by atoms with Gasteiger partial charge in [-0.15, -0.1) is 0 Å². The Labute approximate surface area is 121 Å². The van der Waals surface area contributed by atoms with Crippen molar-refractivity contribution in [2.75, 3.05) is 13.7 Å². The van der Waals surface area contributed by atoms with Crippen molar-refractivity contribution >= 4 is 0 Å². The molecule has 1 saturated heterocycles. The SMILES string of the molecule is COc1ccc(C2OCC3CCCCC3NC2C)cc1. The van der Waals surface area contributed by atoms with Crippen molar-refractivity contribution in [3.8, 4) is 5.75 Å². The maximum Gasteiger partial charge on any atom is 0.118 e. The van der Waals surface area contributed by atoms with Crippen LogP contribution >= 0.6 is 0 Å². The largest absolute Gasteiger partial charge is 0.497 e. The van der Waals surface area contributed by atoms with E-state index in [2.05, 4.69) is 24.4 Å². The Hall–Kier alpha value is -1.06. The van der Waals surface area contributed by atoms with Crippen molar-refractivity contribution in [3.63, 3.8) is 0 Å². The molecule has 3 nitrogen and oxygen atoms in total. The molecule has 0 amide bonds. The maximum absolute atomic E-state index is 6.24. The number of nitrogens with one attached hydrogen (secondary N) is 1. The zero-order chi connectivity index (χ0) is 13.9. The molecular formula is C17H25NO2.